The van der Waals surface area contributed by atoms with Crippen molar-refractivity contribution in [1.29, 1.82) is 0 Å². The Morgan fingerprint density at radius 3 is 2.32 bits per heavy atom. The summed E-state index contributed by atoms with van der Waals surface area (Å²) in [4.78, 5) is 37.6. The lowest BCUT2D eigenvalue weighted by Gasteiger charge is -2.36. The first-order chi connectivity index (χ1) is 22.8. The van der Waals surface area contributed by atoms with Crippen LogP contribution in [0.5, 0.6) is 0 Å². The molecule has 0 aliphatic carbocycles. The number of anilines is 1. The summed E-state index contributed by atoms with van der Waals surface area (Å²) in [5.41, 5.74) is 4.01. The number of methoxy groups -OCH3 is 1. The second-order valence-corrected chi connectivity index (χ2v) is 12.1. The number of urea groups is 1. The number of hydrogen-bond acceptors (Lipinski definition) is 8. The number of benzene rings is 4. The largest absolute Gasteiger partial charge is 0.478 e. The van der Waals surface area contributed by atoms with E-state index in [-0.39, 0.29) is 30.8 Å². The van der Waals surface area contributed by atoms with E-state index in [1.165, 1.54) is 7.11 Å². The SMILES string of the molecule is COC(=O)C(Cc1ccccc1)NC(=O)Nc1cccc(C2OC(CSc3ccc(C(=O)O)cc3)CC(c3ccc(CO)cc3)O2)c1. The second-order valence-electron chi connectivity index (χ2n) is 11.0. The zero-order chi connectivity index (χ0) is 33.2. The molecule has 1 saturated heterocycles. The van der Waals surface area contributed by atoms with Crippen LogP contribution in [0, 0.1) is 0 Å². The lowest BCUT2D eigenvalue weighted by molar-refractivity contribution is -0.245. The Morgan fingerprint density at radius 1 is 0.894 bits per heavy atom. The van der Waals surface area contributed by atoms with Crippen molar-refractivity contribution in [1.82, 2.24) is 5.32 Å². The van der Waals surface area contributed by atoms with Gasteiger partial charge in [-0.25, -0.2) is 14.4 Å². The highest BCUT2D eigenvalue weighted by molar-refractivity contribution is 7.99. The van der Waals surface area contributed by atoms with Gasteiger partial charge in [0.05, 0.1) is 31.5 Å². The number of nitrogens with one attached hydrogen (secondary N) is 2. The first-order valence-corrected chi connectivity index (χ1v) is 16.1. The normalized spacial score (nSPS) is 18.1. The summed E-state index contributed by atoms with van der Waals surface area (Å²) in [6.07, 6.45) is -0.434. The van der Waals surface area contributed by atoms with Crippen LogP contribution in [-0.2, 0) is 32.0 Å². The first-order valence-electron chi connectivity index (χ1n) is 15.1. The smallest absolute Gasteiger partial charge is 0.335 e. The van der Waals surface area contributed by atoms with Gasteiger partial charge in [-0.05, 0) is 53.1 Å². The molecule has 10 nitrogen and oxygen atoms in total. The number of rotatable bonds is 12. The zero-order valence-electron chi connectivity index (χ0n) is 25.7. The number of carbonyl (C=O) groups excluding carboxylic acids is 2. The van der Waals surface area contributed by atoms with Gasteiger partial charge in [0.1, 0.15) is 6.04 Å². The van der Waals surface area contributed by atoms with Crippen LogP contribution in [0.2, 0.25) is 0 Å². The number of aromatic carboxylic acids is 1. The molecule has 1 aliphatic heterocycles. The third-order valence-electron chi connectivity index (χ3n) is 7.64. The highest BCUT2D eigenvalue weighted by Gasteiger charge is 2.32. The first kappa shape index (κ1) is 33.7. The molecule has 4 unspecified atom stereocenters. The summed E-state index contributed by atoms with van der Waals surface area (Å²) in [6.45, 7) is -0.0581. The predicted molar refractivity (Wildman–Crippen MR) is 177 cm³/mol. The molecule has 0 spiro atoms. The molecule has 4 atom stereocenters. The molecule has 0 radical (unpaired) electrons. The average Bonchev–Trinajstić information content (AvgIpc) is 3.10. The van der Waals surface area contributed by atoms with Crippen LogP contribution in [0.4, 0.5) is 10.5 Å². The number of aliphatic hydroxyl groups is 1. The Balaban J connectivity index is 1.29. The quantitative estimate of drug-likeness (QED) is 0.105. The van der Waals surface area contributed by atoms with E-state index in [2.05, 4.69) is 10.6 Å². The third-order valence-corrected chi connectivity index (χ3v) is 8.79. The van der Waals surface area contributed by atoms with Crippen molar-refractivity contribution >= 4 is 35.4 Å². The van der Waals surface area contributed by atoms with Gasteiger partial charge in [-0.2, -0.15) is 0 Å². The average molecular weight is 657 g/mol. The lowest BCUT2D eigenvalue weighted by atomic mass is 10.0. The molecule has 11 heteroatoms. The Bertz CT molecular complexity index is 1650. The van der Waals surface area contributed by atoms with Crippen LogP contribution in [0.3, 0.4) is 0 Å². The number of hydrogen-bond donors (Lipinski definition) is 4. The van der Waals surface area contributed by atoms with E-state index in [0.717, 1.165) is 21.6 Å². The molecule has 0 bridgehead atoms. The molecule has 1 heterocycles. The minimum atomic E-state index is -0.975. The molecule has 5 rings (SSSR count). The lowest BCUT2D eigenvalue weighted by Crippen LogP contribution is -2.45. The second kappa shape index (κ2) is 16.2. The summed E-state index contributed by atoms with van der Waals surface area (Å²) >= 11 is 1.56. The Hall–Kier alpha value is -4.68. The highest BCUT2D eigenvalue weighted by Crippen LogP contribution is 2.40. The van der Waals surface area contributed by atoms with Crippen molar-refractivity contribution in [2.45, 2.75) is 48.9 Å². The van der Waals surface area contributed by atoms with Crippen LogP contribution >= 0.6 is 11.8 Å². The summed E-state index contributed by atoms with van der Waals surface area (Å²) in [5, 5.41) is 24.2. The topological polar surface area (TPSA) is 143 Å². The van der Waals surface area contributed by atoms with E-state index in [1.54, 1.807) is 54.2 Å². The minimum Gasteiger partial charge on any atom is -0.478 e. The Kier molecular flexibility index (Phi) is 11.6. The molecule has 0 saturated carbocycles. The Labute approximate surface area is 277 Å². The van der Waals surface area contributed by atoms with Gasteiger partial charge >= 0.3 is 18.0 Å². The fraction of sp³-hybridized carbons (Fsp3) is 0.250. The predicted octanol–water partition coefficient (Wildman–Crippen LogP) is 6.12. The molecule has 4 aromatic carbocycles. The summed E-state index contributed by atoms with van der Waals surface area (Å²) in [6, 6.07) is 29.3. The monoisotopic (exact) mass is 656 g/mol. The van der Waals surface area contributed by atoms with Crippen LogP contribution in [-0.4, -0.2) is 53.2 Å². The van der Waals surface area contributed by atoms with Crippen molar-refractivity contribution < 1.29 is 38.8 Å². The van der Waals surface area contributed by atoms with Crippen LogP contribution in [0.15, 0.2) is 108 Å². The number of amides is 2. The van der Waals surface area contributed by atoms with Gasteiger partial charge in [0.2, 0.25) is 0 Å². The van der Waals surface area contributed by atoms with Crippen molar-refractivity contribution in [3.05, 3.63) is 131 Å². The van der Waals surface area contributed by atoms with Gasteiger partial charge < -0.3 is 35.1 Å². The molecule has 1 aliphatic rings. The molecule has 2 amide bonds. The van der Waals surface area contributed by atoms with Crippen molar-refractivity contribution in [3.63, 3.8) is 0 Å². The van der Waals surface area contributed by atoms with Crippen molar-refractivity contribution in [3.8, 4) is 0 Å². The maximum atomic E-state index is 13.0. The molecule has 4 N–H and O–H groups in total. The molecule has 244 valence electrons. The Morgan fingerprint density at radius 2 is 1.64 bits per heavy atom. The van der Waals surface area contributed by atoms with Crippen LogP contribution < -0.4 is 10.6 Å². The zero-order valence-corrected chi connectivity index (χ0v) is 26.5. The summed E-state index contributed by atoms with van der Waals surface area (Å²) in [7, 11) is 1.28. The summed E-state index contributed by atoms with van der Waals surface area (Å²) < 4.78 is 17.8. The standard InChI is InChI=1S/C36H36N2O8S/c1-44-34(42)31(18-23-6-3-2-4-7-23)38-36(43)37-28-9-5-8-27(19-28)35-45-29(22-47-30-16-14-26(15-17-30)33(40)41)20-32(46-35)25-12-10-24(21-39)11-13-25/h2-17,19,29,31-32,35,39H,18,20-22H2,1H3,(H,40,41)(H2,37,38,43). The van der Waals surface area contributed by atoms with Crippen molar-refractivity contribution in [2.75, 3.05) is 18.2 Å². The number of ether oxygens (including phenoxy) is 3. The van der Waals surface area contributed by atoms with Crippen LogP contribution in [0.1, 0.15) is 51.4 Å². The fourth-order valence-corrected chi connectivity index (χ4v) is 6.10. The van der Waals surface area contributed by atoms with E-state index in [9.17, 15) is 24.6 Å². The van der Waals surface area contributed by atoms with E-state index in [1.807, 2.05) is 60.7 Å². The number of carboxylic acid groups (broad SMARTS) is 1. The van der Waals surface area contributed by atoms with Gasteiger partial charge in [-0.3, -0.25) is 0 Å². The van der Waals surface area contributed by atoms with Gasteiger partial charge in [0.15, 0.2) is 6.29 Å². The molecule has 1 fully saturated rings. The number of esters is 1. The van der Waals surface area contributed by atoms with E-state index >= 15 is 0 Å². The maximum absolute atomic E-state index is 13.0. The maximum Gasteiger partial charge on any atom is 0.335 e. The minimum absolute atomic E-state index is 0.0581. The van der Waals surface area contributed by atoms with E-state index in [4.69, 9.17) is 14.2 Å². The van der Waals surface area contributed by atoms with E-state index < -0.39 is 30.3 Å². The van der Waals surface area contributed by atoms with Crippen molar-refractivity contribution in [2.24, 2.45) is 0 Å². The fourth-order valence-electron chi connectivity index (χ4n) is 5.18. The molecule has 47 heavy (non-hydrogen) atoms. The highest BCUT2D eigenvalue weighted by atomic mass is 32.2. The van der Waals surface area contributed by atoms with Gasteiger partial charge in [0, 0.05) is 34.7 Å². The van der Waals surface area contributed by atoms with Gasteiger partial charge in [-0.1, -0.05) is 66.7 Å². The number of thioether (sulfide) groups is 1. The van der Waals surface area contributed by atoms with Crippen LogP contribution in [0.25, 0.3) is 0 Å². The number of carbonyl (C=O) groups is 3. The van der Waals surface area contributed by atoms with Gasteiger partial charge in [-0.15, -0.1) is 11.8 Å². The number of aliphatic hydroxyl groups excluding tert-OH is 1. The molecule has 0 aromatic heterocycles. The molecular weight excluding hydrogens is 620 g/mol. The molecular formula is C36H36N2O8S. The third kappa shape index (κ3) is 9.43. The number of carboxylic acids is 1. The van der Waals surface area contributed by atoms with E-state index in [0.29, 0.717) is 23.4 Å². The van der Waals surface area contributed by atoms with Gasteiger partial charge in [0.25, 0.3) is 0 Å². The molecule has 4 aromatic rings. The summed E-state index contributed by atoms with van der Waals surface area (Å²) in [5.74, 6) is -0.938.